The fraction of sp³-hybridized carbons (Fsp3) is 0.0625. The average Bonchev–Trinajstić information content (AvgIpc) is 3.24. The van der Waals surface area contributed by atoms with E-state index in [2.05, 4.69) is 10.3 Å². The van der Waals surface area contributed by atoms with E-state index in [1.54, 1.807) is 42.6 Å². The molecule has 0 saturated carbocycles. The highest BCUT2D eigenvalue weighted by Crippen LogP contribution is 2.20. The molecule has 5 nitrogen and oxygen atoms in total. The van der Waals surface area contributed by atoms with Crippen LogP contribution >= 0.6 is 11.3 Å². The highest BCUT2D eigenvalue weighted by molar-refractivity contribution is 7.14. The number of carbonyl (C=O) groups is 2. The van der Waals surface area contributed by atoms with Gasteiger partial charge in [-0.15, -0.1) is 11.3 Å². The van der Waals surface area contributed by atoms with Crippen LogP contribution in [-0.2, 0) is 6.54 Å². The van der Waals surface area contributed by atoms with Crippen LogP contribution in [0.25, 0.3) is 0 Å². The zero-order valence-electron chi connectivity index (χ0n) is 11.5. The standard InChI is InChI=1S/C16H12N2O3S/c19-15(13-5-3-9-21-13)14-7-6-11(22-14)10-18-16(20)12-4-1-2-8-17-12/h1-9H,10H2,(H,18,20). The summed E-state index contributed by atoms with van der Waals surface area (Å²) >= 11 is 1.33. The van der Waals surface area contributed by atoms with E-state index in [-0.39, 0.29) is 11.7 Å². The lowest BCUT2D eigenvalue weighted by Gasteiger charge is -2.02. The first-order valence-corrected chi connectivity index (χ1v) is 7.42. The summed E-state index contributed by atoms with van der Waals surface area (Å²) < 4.78 is 5.09. The lowest BCUT2D eigenvalue weighted by atomic mass is 10.2. The third-order valence-corrected chi connectivity index (χ3v) is 4.04. The van der Waals surface area contributed by atoms with E-state index in [1.807, 2.05) is 6.07 Å². The number of hydrogen-bond donors (Lipinski definition) is 1. The van der Waals surface area contributed by atoms with Gasteiger partial charge < -0.3 is 9.73 Å². The molecular formula is C16H12N2O3S. The third-order valence-electron chi connectivity index (χ3n) is 2.95. The molecule has 0 aliphatic heterocycles. The van der Waals surface area contributed by atoms with Crippen LogP contribution in [0.4, 0.5) is 0 Å². The first kappa shape index (κ1) is 14.2. The quantitative estimate of drug-likeness (QED) is 0.735. The number of carbonyl (C=O) groups excluding carboxylic acids is 2. The van der Waals surface area contributed by atoms with Gasteiger partial charge >= 0.3 is 0 Å². The predicted octanol–water partition coefficient (Wildman–Crippen LogP) is 2.90. The normalized spacial score (nSPS) is 10.4. The Morgan fingerprint density at radius 3 is 2.77 bits per heavy atom. The monoisotopic (exact) mass is 312 g/mol. The number of amides is 1. The van der Waals surface area contributed by atoms with Gasteiger partial charge in [-0.05, 0) is 36.4 Å². The van der Waals surface area contributed by atoms with Crippen molar-refractivity contribution in [3.63, 3.8) is 0 Å². The molecule has 22 heavy (non-hydrogen) atoms. The number of thiophene rings is 1. The molecule has 1 N–H and O–H groups in total. The highest BCUT2D eigenvalue weighted by atomic mass is 32.1. The third kappa shape index (κ3) is 3.12. The number of rotatable bonds is 5. The topological polar surface area (TPSA) is 72.2 Å². The summed E-state index contributed by atoms with van der Waals surface area (Å²) in [6.45, 7) is 0.353. The molecule has 3 aromatic heterocycles. The fourth-order valence-corrected chi connectivity index (χ4v) is 2.77. The van der Waals surface area contributed by atoms with E-state index in [9.17, 15) is 9.59 Å². The summed E-state index contributed by atoms with van der Waals surface area (Å²) in [4.78, 5) is 29.4. The minimum atomic E-state index is -0.243. The van der Waals surface area contributed by atoms with Gasteiger partial charge in [-0.2, -0.15) is 0 Å². The molecule has 1 amide bonds. The summed E-state index contributed by atoms with van der Waals surface area (Å²) in [6, 6.07) is 12.0. The van der Waals surface area contributed by atoms with E-state index in [1.165, 1.54) is 17.6 Å². The van der Waals surface area contributed by atoms with Gasteiger partial charge in [0, 0.05) is 11.1 Å². The van der Waals surface area contributed by atoms with Crippen molar-refractivity contribution in [2.75, 3.05) is 0 Å². The van der Waals surface area contributed by atoms with Gasteiger partial charge in [0.15, 0.2) is 5.76 Å². The van der Waals surface area contributed by atoms with Gasteiger partial charge in [-0.3, -0.25) is 14.6 Å². The number of furan rings is 1. The van der Waals surface area contributed by atoms with Crippen molar-refractivity contribution in [1.29, 1.82) is 0 Å². The van der Waals surface area contributed by atoms with E-state index in [0.29, 0.717) is 22.9 Å². The van der Waals surface area contributed by atoms with Crippen LogP contribution in [0, 0.1) is 0 Å². The Morgan fingerprint density at radius 2 is 2.05 bits per heavy atom. The Labute approximate surface area is 130 Å². The Morgan fingerprint density at radius 1 is 1.14 bits per heavy atom. The van der Waals surface area contributed by atoms with Crippen molar-refractivity contribution >= 4 is 23.0 Å². The lowest BCUT2D eigenvalue weighted by Crippen LogP contribution is -2.23. The Balaban J connectivity index is 1.63. The molecular weight excluding hydrogens is 300 g/mol. The molecule has 0 aromatic carbocycles. The highest BCUT2D eigenvalue weighted by Gasteiger charge is 2.14. The largest absolute Gasteiger partial charge is 0.461 e. The molecule has 0 fully saturated rings. The van der Waals surface area contributed by atoms with Crippen molar-refractivity contribution in [2.24, 2.45) is 0 Å². The summed E-state index contributed by atoms with van der Waals surface area (Å²) in [7, 11) is 0. The van der Waals surface area contributed by atoms with Crippen molar-refractivity contribution in [2.45, 2.75) is 6.54 Å². The average molecular weight is 312 g/mol. The number of nitrogens with one attached hydrogen (secondary N) is 1. The molecule has 0 atom stereocenters. The molecule has 0 saturated heterocycles. The van der Waals surface area contributed by atoms with Gasteiger partial charge in [-0.25, -0.2) is 0 Å². The molecule has 110 valence electrons. The van der Waals surface area contributed by atoms with Crippen LogP contribution in [0.1, 0.15) is 30.8 Å². The van der Waals surface area contributed by atoms with Gasteiger partial charge in [0.05, 0.1) is 17.7 Å². The zero-order chi connectivity index (χ0) is 15.4. The maximum absolute atomic E-state index is 12.1. The first-order chi connectivity index (χ1) is 10.7. The summed E-state index contributed by atoms with van der Waals surface area (Å²) in [6.07, 6.45) is 3.04. The smallest absolute Gasteiger partial charge is 0.270 e. The first-order valence-electron chi connectivity index (χ1n) is 6.60. The molecule has 3 aromatic rings. The van der Waals surface area contributed by atoms with Crippen LogP contribution in [0.15, 0.2) is 59.3 Å². The second-order valence-corrected chi connectivity index (χ2v) is 5.64. The van der Waals surface area contributed by atoms with E-state index in [4.69, 9.17) is 4.42 Å². The SMILES string of the molecule is O=C(NCc1ccc(C(=O)c2ccco2)s1)c1ccccn1. The second kappa shape index (κ2) is 6.36. The summed E-state index contributed by atoms with van der Waals surface area (Å²) in [5.41, 5.74) is 0.367. The van der Waals surface area contributed by atoms with Crippen molar-refractivity contribution < 1.29 is 14.0 Å². The molecule has 0 aliphatic carbocycles. The molecule has 0 aliphatic rings. The fourth-order valence-electron chi connectivity index (χ4n) is 1.88. The molecule has 0 radical (unpaired) electrons. The molecule has 6 heteroatoms. The minimum absolute atomic E-state index is 0.155. The van der Waals surface area contributed by atoms with E-state index < -0.39 is 0 Å². The maximum Gasteiger partial charge on any atom is 0.270 e. The van der Waals surface area contributed by atoms with Crippen LogP contribution in [0.5, 0.6) is 0 Å². The predicted molar refractivity (Wildman–Crippen MR) is 81.9 cm³/mol. The van der Waals surface area contributed by atoms with Crippen LogP contribution in [0.2, 0.25) is 0 Å². The van der Waals surface area contributed by atoms with Gasteiger partial charge in [0.2, 0.25) is 5.78 Å². The molecule has 0 unspecified atom stereocenters. The van der Waals surface area contributed by atoms with Gasteiger partial charge in [-0.1, -0.05) is 6.07 Å². The number of pyridine rings is 1. The number of ketones is 1. The number of nitrogens with zero attached hydrogens (tertiary/aromatic N) is 1. The molecule has 3 heterocycles. The van der Waals surface area contributed by atoms with Crippen LogP contribution in [-0.4, -0.2) is 16.7 Å². The summed E-state index contributed by atoms with van der Waals surface area (Å²) in [5.74, 6) is -0.0869. The lowest BCUT2D eigenvalue weighted by molar-refractivity contribution is 0.0945. The Kier molecular flexibility index (Phi) is 4.11. The van der Waals surface area contributed by atoms with E-state index in [0.717, 1.165) is 4.88 Å². The molecule has 0 bridgehead atoms. The van der Waals surface area contributed by atoms with Crippen LogP contribution < -0.4 is 5.32 Å². The Bertz CT molecular complexity index is 779. The molecule has 0 spiro atoms. The van der Waals surface area contributed by atoms with Crippen LogP contribution in [0.3, 0.4) is 0 Å². The second-order valence-electron chi connectivity index (χ2n) is 4.47. The number of aromatic nitrogens is 1. The molecule has 3 rings (SSSR count). The van der Waals surface area contributed by atoms with Crippen molar-refractivity contribution in [1.82, 2.24) is 10.3 Å². The maximum atomic E-state index is 12.1. The van der Waals surface area contributed by atoms with E-state index >= 15 is 0 Å². The van der Waals surface area contributed by atoms with Gasteiger partial charge in [0.25, 0.3) is 5.91 Å². The zero-order valence-corrected chi connectivity index (χ0v) is 12.3. The Hall–Kier alpha value is -2.73. The van der Waals surface area contributed by atoms with Crippen molar-refractivity contribution in [3.05, 3.63) is 76.1 Å². The van der Waals surface area contributed by atoms with Crippen molar-refractivity contribution in [3.8, 4) is 0 Å². The minimum Gasteiger partial charge on any atom is -0.461 e. The summed E-state index contributed by atoms with van der Waals surface area (Å²) in [5, 5.41) is 2.78. The van der Waals surface area contributed by atoms with Gasteiger partial charge in [0.1, 0.15) is 5.69 Å². The number of hydrogen-bond acceptors (Lipinski definition) is 5.